The van der Waals surface area contributed by atoms with Gasteiger partial charge in [0.15, 0.2) is 0 Å². The first kappa shape index (κ1) is 11.7. The largest absolute Gasteiger partial charge is 0.379 e. The van der Waals surface area contributed by atoms with Gasteiger partial charge in [-0.2, -0.15) is 19.6 Å². The number of rotatable bonds is 3. The molecule has 0 spiro atoms. The number of halogens is 1. The molecule has 96 valence electrons. The second kappa shape index (κ2) is 4.70. The van der Waals surface area contributed by atoms with Crippen LogP contribution in [0.4, 0.5) is 5.82 Å². The lowest BCUT2D eigenvalue weighted by Crippen LogP contribution is -2.30. The van der Waals surface area contributed by atoms with Crippen molar-refractivity contribution in [1.29, 1.82) is 0 Å². The number of nitrogens with zero attached hydrogens (tertiary/aromatic N) is 4. The third-order valence-corrected chi connectivity index (χ3v) is 3.50. The van der Waals surface area contributed by atoms with Gasteiger partial charge in [0.2, 0.25) is 0 Å². The standard InChI is InChI=1S/C11H14ClN5O/c1-18-8-4-2-3-7(8)15-10-5-9(12)16-11-13-6-14-17(10)11/h5-8,15H,2-4H2,1H3. The van der Waals surface area contributed by atoms with Crippen LogP contribution in [0.1, 0.15) is 19.3 Å². The Hall–Kier alpha value is -1.40. The zero-order chi connectivity index (χ0) is 12.5. The van der Waals surface area contributed by atoms with Crippen molar-refractivity contribution in [3.63, 3.8) is 0 Å². The Bertz CT molecular complexity index is 557. The number of aromatic nitrogens is 4. The highest BCUT2D eigenvalue weighted by atomic mass is 35.5. The van der Waals surface area contributed by atoms with Gasteiger partial charge in [0.1, 0.15) is 17.3 Å². The van der Waals surface area contributed by atoms with Crippen molar-refractivity contribution in [2.75, 3.05) is 12.4 Å². The van der Waals surface area contributed by atoms with E-state index in [2.05, 4.69) is 20.4 Å². The van der Waals surface area contributed by atoms with Crippen LogP contribution >= 0.6 is 11.6 Å². The Morgan fingerprint density at radius 1 is 1.50 bits per heavy atom. The highest BCUT2D eigenvalue weighted by molar-refractivity contribution is 6.29. The number of nitrogens with one attached hydrogen (secondary N) is 1. The summed E-state index contributed by atoms with van der Waals surface area (Å²) in [6, 6.07) is 2.04. The number of anilines is 1. The summed E-state index contributed by atoms with van der Waals surface area (Å²) in [5.74, 6) is 1.30. The molecule has 1 N–H and O–H groups in total. The first-order chi connectivity index (χ1) is 8.78. The van der Waals surface area contributed by atoms with Crippen molar-refractivity contribution in [2.45, 2.75) is 31.4 Å². The molecule has 0 radical (unpaired) electrons. The van der Waals surface area contributed by atoms with Crippen molar-refractivity contribution in [3.05, 3.63) is 17.5 Å². The van der Waals surface area contributed by atoms with Crippen LogP contribution < -0.4 is 5.32 Å². The Morgan fingerprint density at radius 2 is 2.39 bits per heavy atom. The number of hydrogen-bond acceptors (Lipinski definition) is 5. The summed E-state index contributed by atoms with van der Waals surface area (Å²) in [5.41, 5.74) is 0. The van der Waals surface area contributed by atoms with Crippen molar-refractivity contribution < 1.29 is 4.74 Å². The molecular formula is C11H14ClN5O. The maximum absolute atomic E-state index is 5.97. The third-order valence-electron chi connectivity index (χ3n) is 3.31. The van der Waals surface area contributed by atoms with Crippen LogP contribution in [-0.4, -0.2) is 38.8 Å². The highest BCUT2D eigenvalue weighted by Gasteiger charge is 2.27. The zero-order valence-corrected chi connectivity index (χ0v) is 10.8. The molecule has 1 saturated carbocycles. The third kappa shape index (κ3) is 2.02. The molecule has 0 amide bonds. The predicted octanol–water partition coefficient (Wildman–Crippen LogP) is 1.76. The average Bonchev–Trinajstić information content (AvgIpc) is 2.96. The summed E-state index contributed by atoms with van der Waals surface area (Å²) < 4.78 is 7.11. The van der Waals surface area contributed by atoms with Gasteiger partial charge in [0.05, 0.1) is 12.1 Å². The van der Waals surface area contributed by atoms with E-state index >= 15 is 0 Å². The number of hydrogen-bond donors (Lipinski definition) is 1. The van der Waals surface area contributed by atoms with E-state index in [1.54, 1.807) is 17.7 Å². The van der Waals surface area contributed by atoms with E-state index in [9.17, 15) is 0 Å². The van der Waals surface area contributed by atoms with Crippen LogP contribution in [0.2, 0.25) is 5.15 Å². The molecule has 3 rings (SSSR count). The smallest absolute Gasteiger partial charge is 0.255 e. The molecule has 1 aliphatic carbocycles. The molecule has 0 aromatic carbocycles. The van der Waals surface area contributed by atoms with E-state index in [1.807, 2.05) is 0 Å². The fourth-order valence-electron chi connectivity index (χ4n) is 2.45. The minimum Gasteiger partial charge on any atom is -0.379 e. The molecule has 0 saturated heterocycles. The molecule has 2 heterocycles. The fourth-order valence-corrected chi connectivity index (χ4v) is 2.63. The molecule has 18 heavy (non-hydrogen) atoms. The van der Waals surface area contributed by atoms with Crippen molar-refractivity contribution in [1.82, 2.24) is 19.6 Å². The fraction of sp³-hybridized carbons (Fsp3) is 0.545. The summed E-state index contributed by atoms with van der Waals surface area (Å²) in [7, 11) is 1.75. The van der Waals surface area contributed by atoms with Gasteiger partial charge in [-0.05, 0) is 19.3 Å². The van der Waals surface area contributed by atoms with Gasteiger partial charge >= 0.3 is 0 Å². The predicted molar refractivity (Wildman–Crippen MR) is 67.9 cm³/mol. The summed E-state index contributed by atoms with van der Waals surface area (Å²) >= 11 is 5.97. The Labute approximate surface area is 109 Å². The molecule has 2 aromatic heterocycles. The molecule has 7 heteroatoms. The van der Waals surface area contributed by atoms with E-state index in [-0.39, 0.29) is 12.1 Å². The minimum absolute atomic E-state index is 0.232. The molecule has 2 aromatic rings. The van der Waals surface area contributed by atoms with Crippen molar-refractivity contribution in [3.8, 4) is 0 Å². The second-order valence-electron chi connectivity index (χ2n) is 4.39. The van der Waals surface area contributed by atoms with Crippen LogP contribution in [0.5, 0.6) is 0 Å². The lowest BCUT2D eigenvalue weighted by molar-refractivity contribution is 0.101. The van der Waals surface area contributed by atoms with E-state index in [4.69, 9.17) is 16.3 Å². The first-order valence-electron chi connectivity index (χ1n) is 5.93. The maximum Gasteiger partial charge on any atom is 0.255 e. The second-order valence-corrected chi connectivity index (χ2v) is 4.78. The first-order valence-corrected chi connectivity index (χ1v) is 6.31. The summed E-state index contributed by atoms with van der Waals surface area (Å²) in [6.45, 7) is 0. The van der Waals surface area contributed by atoms with Gasteiger partial charge in [-0.1, -0.05) is 11.6 Å². The van der Waals surface area contributed by atoms with Crippen LogP contribution in [0.15, 0.2) is 12.4 Å². The molecular weight excluding hydrogens is 254 g/mol. The lowest BCUT2D eigenvalue weighted by Gasteiger charge is -2.20. The van der Waals surface area contributed by atoms with E-state index < -0.39 is 0 Å². The van der Waals surface area contributed by atoms with Gasteiger partial charge in [-0.25, -0.2) is 0 Å². The summed E-state index contributed by atoms with van der Waals surface area (Å²) in [6.07, 6.45) is 5.01. The number of fused-ring (bicyclic) bond motifs is 1. The van der Waals surface area contributed by atoms with Crippen LogP contribution in [-0.2, 0) is 4.74 Å². The average molecular weight is 268 g/mol. The van der Waals surface area contributed by atoms with E-state index in [0.29, 0.717) is 10.9 Å². The molecule has 2 atom stereocenters. The maximum atomic E-state index is 5.97. The normalized spacial score (nSPS) is 23.7. The Morgan fingerprint density at radius 3 is 3.22 bits per heavy atom. The van der Waals surface area contributed by atoms with Gasteiger partial charge in [0.25, 0.3) is 5.78 Å². The van der Waals surface area contributed by atoms with Gasteiger partial charge in [0, 0.05) is 13.2 Å². The quantitative estimate of drug-likeness (QED) is 0.859. The molecule has 0 aliphatic heterocycles. The summed E-state index contributed by atoms with van der Waals surface area (Å²) in [5, 5.41) is 7.96. The summed E-state index contributed by atoms with van der Waals surface area (Å²) in [4.78, 5) is 8.13. The molecule has 0 bridgehead atoms. The SMILES string of the molecule is COC1CCCC1Nc1cc(Cl)nc2ncnn12. The Kier molecular flexibility index (Phi) is 3.05. The monoisotopic (exact) mass is 267 g/mol. The van der Waals surface area contributed by atoms with Crippen LogP contribution in [0.25, 0.3) is 5.78 Å². The zero-order valence-electron chi connectivity index (χ0n) is 10.0. The van der Waals surface area contributed by atoms with E-state index in [0.717, 1.165) is 25.1 Å². The van der Waals surface area contributed by atoms with Crippen LogP contribution in [0.3, 0.4) is 0 Å². The van der Waals surface area contributed by atoms with Gasteiger partial charge < -0.3 is 10.1 Å². The molecule has 1 aliphatic rings. The topological polar surface area (TPSA) is 64.3 Å². The van der Waals surface area contributed by atoms with Crippen LogP contribution in [0, 0.1) is 0 Å². The Balaban J connectivity index is 1.92. The van der Waals surface area contributed by atoms with Gasteiger partial charge in [-0.3, -0.25) is 0 Å². The molecule has 6 nitrogen and oxygen atoms in total. The number of ether oxygens (including phenoxy) is 1. The van der Waals surface area contributed by atoms with E-state index in [1.165, 1.54) is 6.33 Å². The molecule has 2 unspecified atom stereocenters. The lowest BCUT2D eigenvalue weighted by atomic mass is 10.2. The molecule has 1 fully saturated rings. The van der Waals surface area contributed by atoms with Crippen molar-refractivity contribution in [2.24, 2.45) is 0 Å². The van der Waals surface area contributed by atoms with Gasteiger partial charge in [-0.15, -0.1) is 0 Å². The van der Waals surface area contributed by atoms with Crippen molar-refractivity contribution >= 4 is 23.2 Å². The highest BCUT2D eigenvalue weighted by Crippen LogP contribution is 2.25. The minimum atomic E-state index is 0.232. The number of methoxy groups -OCH3 is 1.